The Labute approximate surface area is 147 Å². The Morgan fingerprint density at radius 2 is 2.08 bits per heavy atom. The molecule has 3 unspecified atom stereocenters. The van der Waals surface area contributed by atoms with Crippen LogP contribution in [0.5, 0.6) is 0 Å². The Balaban J connectivity index is 2.11. The molecule has 132 valence electrons. The molecule has 1 aliphatic rings. The molecule has 0 saturated heterocycles. The molecule has 1 aliphatic heterocycles. The van der Waals surface area contributed by atoms with Crippen LogP contribution in [0.2, 0.25) is 0 Å². The van der Waals surface area contributed by atoms with Crippen LogP contribution >= 0.6 is 0 Å². The predicted molar refractivity (Wildman–Crippen MR) is 96.1 cm³/mol. The third-order valence-electron chi connectivity index (χ3n) is 5.02. The Hall–Kier alpha value is -2.63. The summed E-state index contributed by atoms with van der Waals surface area (Å²) in [7, 11) is 1.77. The van der Waals surface area contributed by atoms with Crippen molar-refractivity contribution in [3.8, 4) is 0 Å². The van der Waals surface area contributed by atoms with E-state index in [1.165, 1.54) is 0 Å². The van der Waals surface area contributed by atoms with Gasteiger partial charge < -0.3 is 10.2 Å². The van der Waals surface area contributed by atoms with Crippen LogP contribution in [0.4, 0.5) is 5.69 Å². The van der Waals surface area contributed by atoms with Crippen LogP contribution in [0.3, 0.4) is 0 Å². The summed E-state index contributed by atoms with van der Waals surface area (Å²) in [5.41, 5.74) is 2.21. The number of nitrogens with zero attached hydrogens (tertiary/aromatic N) is 3. The van der Waals surface area contributed by atoms with Gasteiger partial charge in [0.25, 0.3) is 5.91 Å². The molecule has 25 heavy (non-hydrogen) atoms. The second kappa shape index (κ2) is 6.70. The molecule has 3 atom stereocenters. The van der Waals surface area contributed by atoms with Gasteiger partial charge in [-0.25, -0.2) is 0 Å². The molecule has 1 aromatic heterocycles. The number of hydrogen-bond donors (Lipinski definition) is 1. The van der Waals surface area contributed by atoms with Gasteiger partial charge in [-0.15, -0.1) is 0 Å². The van der Waals surface area contributed by atoms with E-state index in [1.807, 2.05) is 45.0 Å². The van der Waals surface area contributed by atoms with Crippen molar-refractivity contribution in [1.82, 2.24) is 14.7 Å². The van der Waals surface area contributed by atoms with E-state index in [-0.39, 0.29) is 23.8 Å². The Kier molecular flexibility index (Phi) is 4.61. The SMILES string of the molecule is CCC(C)C1C(=O)Nc2ccccc2C(C)N1C(=O)c1cnn(C)c1. The zero-order chi connectivity index (χ0) is 18.1. The molecule has 6 nitrogen and oxygen atoms in total. The summed E-state index contributed by atoms with van der Waals surface area (Å²) < 4.78 is 1.60. The quantitative estimate of drug-likeness (QED) is 0.934. The molecule has 0 fully saturated rings. The Bertz CT molecular complexity index is 798. The number of para-hydroxylation sites is 1. The zero-order valence-corrected chi connectivity index (χ0v) is 15.1. The van der Waals surface area contributed by atoms with E-state index in [4.69, 9.17) is 0 Å². The van der Waals surface area contributed by atoms with E-state index in [0.29, 0.717) is 5.56 Å². The number of aromatic nitrogens is 2. The van der Waals surface area contributed by atoms with E-state index in [2.05, 4.69) is 10.4 Å². The number of hydrogen-bond acceptors (Lipinski definition) is 3. The minimum Gasteiger partial charge on any atom is -0.324 e. The number of carbonyl (C=O) groups is 2. The van der Waals surface area contributed by atoms with Gasteiger partial charge in [0.1, 0.15) is 6.04 Å². The number of rotatable bonds is 3. The van der Waals surface area contributed by atoms with E-state index in [0.717, 1.165) is 17.7 Å². The maximum Gasteiger partial charge on any atom is 0.258 e. The van der Waals surface area contributed by atoms with Crippen LogP contribution in [0.1, 0.15) is 49.2 Å². The topological polar surface area (TPSA) is 67.2 Å². The van der Waals surface area contributed by atoms with Crippen molar-refractivity contribution in [2.24, 2.45) is 13.0 Å². The summed E-state index contributed by atoms with van der Waals surface area (Å²) in [4.78, 5) is 27.9. The monoisotopic (exact) mass is 340 g/mol. The van der Waals surface area contributed by atoms with Crippen molar-refractivity contribution in [2.75, 3.05) is 5.32 Å². The standard InChI is InChI=1S/C19H24N4O2/c1-5-12(2)17-18(24)21-16-9-7-6-8-15(16)13(3)23(17)19(25)14-10-20-22(4)11-14/h6-13,17H,5H2,1-4H3,(H,21,24). The lowest BCUT2D eigenvalue weighted by molar-refractivity contribution is -0.122. The summed E-state index contributed by atoms with van der Waals surface area (Å²) in [6, 6.07) is 6.92. The maximum absolute atomic E-state index is 13.3. The molecule has 2 heterocycles. The summed E-state index contributed by atoms with van der Waals surface area (Å²) in [5, 5.41) is 7.11. The molecule has 0 radical (unpaired) electrons. The minimum absolute atomic E-state index is 0.0392. The molecule has 3 rings (SSSR count). The first-order valence-electron chi connectivity index (χ1n) is 8.65. The predicted octanol–water partition coefficient (Wildman–Crippen LogP) is 2.99. The number of nitrogens with one attached hydrogen (secondary N) is 1. The van der Waals surface area contributed by atoms with Crippen molar-refractivity contribution >= 4 is 17.5 Å². The molecule has 6 heteroatoms. The van der Waals surface area contributed by atoms with E-state index < -0.39 is 6.04 Å². The van der Waals surface area contributed by atoms with Gasteiger partial charge in [0, 0.05) is 18.9 Å². The average molecular weight is 340 g/mol. The molecule has 1 N–H and O–H groups in total. The maximum atomic E-state index is 13.3. The summed E-state index contributed by atoms with van der Waals surface area (Å²) >= 11 is 0. The van der Waals surface area contributed by atoms with Crippen molar-refractivity contribution in [3.63, 3.8) is 0 Å². The van der Waals surface area contributed by atoms with Gasteiger partial charge >= 0.3 is 0 Å². The van der Waals surface area contributed by atoms with Crippen molar-refractivity contribution < 1.29 is 9.59 Å². The molecular formula is C19H24N4O2. The van der Waals surface area contributed by atoms with Crippen LogP contribution in [-0.2, 0) is 11.8 Å². The van der Waals surface area contributed by atoms with Gasteiger partial charge in [-0.05, 0) is 24.5 Å². The first kappa shape index (κ1) is 17.2. The molecule has 0 saturated carbocycles. The largest absolute Gasteiger partial charge is 0.324 e. The van der Waals surface area contributed by atoms with Crippen LogP contribution in [0.15, 0.2) is 36.7 Å². The van der Waals surface area contributed by atoms with Crippen LogP contribution in [0.25, 0.3) is 0 Å². The Morgan fingerprint density at radius 3 is 2.72 bits per heavy atom. The summed E-state index contributed by atoms with van der Waals surface area (Å²) in [6.45, 7) is 6.02. The number of carbonyl (C=O) groups excluding carboxylic acids is 2. The summed E-state index contributed by atoms with van der Waals surface area (Å²) in [5.74, 6) is -0.265. The number of amides is 2. The fourth-order valence-corrected chi connectivity index (χ4v) is 3.44. The molecule has 0 bridgehead atoms. The second-order valence-electron chi connectivity index (χ2n) is 6.70. The highest BCUT2D eigenvalue weighted by molar-refractivity contribution is 6.02. The normalized spacial score (nSPS) is 21.3. The van der Waals surface area contributed by atoms with Gasteiger partial charge in [0.05, 0.1) is 17.8 Å². The fourth-order valence-electron chi connectivity index (χ4n) is 3.44. The van der Waals surface area contributed by atoms with Crippen LogP contribution < -0.4 is 5.32 Å². The molecule has 2 amide bonds. The van der Waals surface area contributed by atoms with E-state index in [1.54, 1.807) is 29.0 Å². The zero-order valence-electron chi connectivity index (χ0n) is 15.1. The number of aryl methyl sites for hydroxylation is 1. The lowest BCUT2D eigenvalue weighted by Crippen LogP contribution is -2.50. The average Bonchev–Trinajstić information content (AvgIpc) is 3.00. The lowest BCUT2D eigenvalue weighted by Gasteiger charge is -2.36. The third-order valence-corrected chi connectivity index (χ3v) is 5.02. The van der Waals surface area contributed by atoms with E-state index >= 15 is 0 Å². The van der Waals surface area contributed by atoms with E-state index in [9.17, 15) is 9.59 Å². The highest BCUT2D eigenvalue weighted by atomic mass is 16.2. The smallest absolute Gasteiger partial charge is 0.258 e. The van der Waals surface area contributed by atoms with Gasteiger partial charge in [-0.3, -0.25) is 14.3 Å². The van der Waals surface area contributed by atoms with Gasteiger partial charge in [-0.2, -0.15) is 5.10 Å². The Morgan fingerprint density at radius 1 is 1.36 bits per heavy atom. The van der Waals surface area contributed by atoms with Crippen LogP contribution in [-0.4, -0.2) is 32.5 Å². The van der Waals surface area contributed by atoms with Crippen molar-refractivity contribution in [1.29, 1.82) is 0 Å². The van der Waals surface area contributed by atoms with Crippen molar-refractivity contribution in [2.45, 2.75) is 39.3 Å². The molecular weight excluding hydrogens is 316 g/mol. The van der Waals surface area contributed by atoms with Crippen LogP contribution in [0, 0.1) is 5.92 Å². The second-order valence-corrected chi connectivity index (χ2v) is 6.70. The number of fused-ring (bicyclic) bond motifs is 1. The van der Waals surface area contributed by atoms with Gasteiger partial charge in [0.2, 0.25) is 5.91 Å². The molecule has 0 aliphatic carbocycles. The minimum atomic E-state index is -0.528. The molecule has 2 aromatic rings. The third kappa shape index (κ3) is 3.04. The highest BCUT2D eigenvalue weighted by Crippen LogP contribution is 2.35. The summed E-state index contributed by atoms with van der Waals surface area (Å²) in [6.07, 6.45) is 4.05. The van der Waals surface area contributed by atoms with Gasteiger partial charge in [-0.1, -0.05) is 38.5 Å². The number of anilines is 1. The molecule has 1 aromatic carbocycles. The molecule has 0 spiro atoms. The van der Waals surface area contributed by atoms with Crippen molar-refractivity contribution in [3.05, 3.63) is 47.8 Å². The van der Waals surface area contributed by atoms with Gasteiger partial charge in [0.15, 0.2) is 0 Å². The number of benzene rings is 1. The fraction of sp³-hybridized carbons (Fsp3) is 0.421. The highest BCUT2D eigenvalue weighted by Gasteiger charge is 2.40. The first-order valence-corrected chi connectivity index (χ1v) is 8.65. The first-order chi connectivity index (χ1) is 11.9. The lowest BCUT2D eigenvalue weighted by atomic mass is 9.94.